The summed E-state index contributed by atoms with van der Waals surface area (Å²) in [4.78, 5) is 0. The van der Waals surface area contributed by atoms with E-state index in [-0.39, 0.29) is 0 Å². The Hall–Kier alpha value is -0.995. The van der Waals surface area contributed by atoms with Gasteiger partial charge in [-0.2, -0.15) is 0 Å². The van der Waals surface area contributed by atoms with E-state index in [1.54, 1.807) is 24.3 Å². The van der Waals surface area contributed by atoms with Crippen molar-refractivity contribution in [3.8, 4) is 5.75 Å². The molecular formula is C11H17BO3. The summed E-state index contributed by atoms with van der Waals surface area (Å²) in [7, 11) is -1.41. The van der Waals surface area contributed by atoms with Gasteiger partial charge >= 0.3 is 7.12 Å². The third kappa shape index (κ3) is 4.36. The molecule has 3 nitrogen and oxygen atoms in total. The monoisotopic (exact) mass is 208 g/mol. The molecule has 0 saturated carbocycles. The molecule has 0 aromatic heterocycles. The molecule has 4 heteroatoms. The minimum absolute atomic E-state index is 0.478. The van der Waals surface area contributed by atoms with Crippen LogP contribution in [0.4, 0.5) is 0 Å². The maximum atomic E-state index is 8.88. The van der Waals surface area contributed by atoms with E-state index >= 15 is 0 Å². The smallest absolute Gasteiger partial charge is 0.488 e. The van der Waals surface area contributed by atoms with Crippen LogP contribution < -0.4 is 10.2 Å². The van der Waals surface area contributed by atoms with Crippen LogP contribution in [0.5, 0.6) is 5.75 Å². The van der Waals surface area contributed by atoms with Gasteiger partial charge in [0, 0.05) is 0 Å². The zero-order chi connectivity index (χ0) is 11.3. The molecule has 0 aliphatic carbocycles. The summed E-state index contributed by atoms with van der Waals surface area (Å²) in [6, 6.07) is 6.79. The van der Waals surface area contributed by atoms with Crippen molar-refractivity contribution in [2.45, 2.75) is 20.3 Å². The largest absolute Gasteiger partial charge is 0.494 e. The predicted molar refractivity (Wildman–Crippen MR) is 61.2 cm³/mol. The van der Waals surface area contributed by atoms with Gasteiger partial charge in [-0.15, -0.1) is 0 Å². The third-order valence-electron chi connectivity index (χ3n) is 2.14. The summed E-state index contributed by atoms with van der Waals surface area (Å²) in [5.41, 5.74) is 0.478. The minimum Gasteiger partial charge on any atom is -0.494 e. The molecule has 0 amide bonds. The van der Waals surface area contributed by atoms with Crippen LogP contribution in [0.2, 0.25) is 0 Å². The summed E-state index contributed by atoms with van der Waals surface area (Å²) >= 11 is 0. The highest BCUT2D eigenvalue weighted by Crippen LogP contribution is 2.09. The fraction of sp³-hybridized carbons (Fsp3) is 0.455. The third-order valence-corrected chi connectivity index (χ3v) is 2.14. The number of benzene rings is 1. The topological polar surface area (TPSA) is 49.7 Å². The molecule has 0 atom stereocenters. The average Bonchev–Trinajstić information content (AvgIpc) is 2.18. The molecule has 2 N–H and O–H groups in total. The molecule has 82 valence electrons. The van der Waals surface area contributed by atoms with Crippen molar-refractivity contribution in [3.05, 3.63) is 24.3 Å². The van der Waals surface area contributed by atoms with Crippen molar-refractivity contribution in [3.63, 3.8) is 0 Å². The molecule has 0 fully saturated rings. The second-order valence-electron chi connectivity index (χ2n) is 3.97. The Balaban J connectivity index is 2.43. The maximum Gasteiger partial charge on any atom is 0.488 e. The van der Waals surface area contributed by atoms with Gasteiger partial charge in [0.05, 0.1) is 6.61 Å². The van der Waals surface area contributed by atoms with Gasteiger partial charge in [-0.25, -0.2) is 0 Å². The van der Waals surface area contributed by atoms with Gasteiger partial charge in [-0.3, -0.25) is 0 Å². The Morgan fingerprint density at radius 1 is 1.20 bits per heavy atom. The summed E-state index contributed by atoms with van der Waals surface area (Å²) in [6.45, 7) is 4.99. The SMILES string of the molecule is CC(C)CCOc1ccc(B(O)O)cc1. The van der Waals surface area contributed by atoms with Gasteiger partial charge in [0.1, 0.15) is 5.75 Å². The van der Waals surface area contributed by atoms with E-state index in [4.69, 9.17) is 14.8 Å². The van der Waals surface area contributed by atoms with E-state index in [2.05, 4.69) is 13.8 Å². The van der Waals surface area contributed by atoms with Crippen LogP contribution >= 0.6 is 0 Å². The van der Waals surface area contributed by atoms with Gasteiger partial charge in [0.2, 0.25) is 0 Å². The average molecular weight is 208 g/mol. The molecule has 0 unspecified atom stereocenters. The fourth-order valence-electron chi connectivity index (χ4n) is 1.15. The standard InChI is InChI=1S/C11H17BO3/c1-9(2)7-8-15-11-5-3-10(4-6-11)12(13)14/h3-6,9,13-14H,7-8H2,1-2H3. The lowest BCUT2D eigenvalue weighted by Gasteiger charge is -2.08. The molecule has 0 spiro atoms. The van der Waals surface area contributed by atoms with Crippen molar-refractivity contribution in [2.75, 3.05) is 6.61 Å². The molecule has 1 aromatic rings. The Bertz CT molecular complexity index is 282. The lowest BCUT2D eigenvalue weighted by molar-refractivity contribution is 0.289. The van der Waals surface area contributed by atoms with Crippen LogP contribution in [0, 0.1) is 5.92 Å². The molecule has 1 aromatic carbocycles. The number of hydrogen-bond donors (Lipinski definition) is 2. The van der Waals surface area contributed by atoms with Crippen LogP contribution in [0.25, 0.3) is 0 Å². The van der Waals surface area contributed by atoms with E-state index in [9.17, 15) is 0 Å². The van der Waals surface area contributed by atoms with Gasteiger partial charge in [0.25, 0.3) is 0 Å². The van der Waals surface area contributed by atoms with Crippen LogP contribution in [0.3, 0.4) is 0 Å². The summed E-state index contributed by atoms with van der Waals surface area (Å²) < 4.78 is 5.49. The lowest BCUT2D eigenvalue weighted by Crippen LogP contribution is -2.29. The number of rotatable bonds is 5. The Morgan fingerprint density at radius 2 is 1.80 bits per heavy atom. The Labute approximate surface area is 90.9 Å². The van der Waals surface area contributed by atoms with Crippen LogP contribution in [-0.2, 0) is 0 Å². The van der Waals surface area contributed by atoms with Gasteiger partial charge < -0.3 is 14.8 Å². The molecule has 0 aliphatic heterocycles. The van der Waals surface area contributed by atoms with E-state index in [1.807, 2.05) is 0 Å². The van der Waals surface area contributed by atoms with E-state index in [1.165, 1.54) is 0 Å². The molecule has 0 saturated heterocycles. The van der Waals surface area contributed by atoms with E-state index in [0.717, 1.165) is 12.2 Å². The van der Waals surface area contributed by atoms with Crippen LogP contribution in [-0.4, -0.2) is 23.8 Å². The van der Waals surface area contributed by atoms with Crippen molar-refractivity contribution in [1.29, 1.82) is 0 Å². The second-order valence-corrected chi connectivity index (χ2v) is 3.97. The van der Waals surface area contributed by atoms with Gasteiger partial charge in [-0.1, -0.05) is 26.0 Å². The number of hydrogen-bond acceptors (Lipinski definition) is 3. The molecule has 0 radical (unpaired) electrons. The first kappa shape index (κ1) is 12.1. The Morgan fingerprint density at radius 3 is 2.27 bits per heavy atom. The van der Waals surface area contributed by atoms with Gasteiger partial charge in [0.15, 0.2) is 0 Å². The van der Waals surface area contributed by atoms with Crippen molar-refractivity contribution in [2.24, 2.45) is 5.92 Å². The summed E-state index contributed by atoms with van der Waals surface area (Å²) in [6.07, 6.45) is 1.02. The molecule has 0 heterocycles. The predicted octanol–water partition coefficient (Wildman–Crippen LogP) is 0.791. The zero-order valence-corrected chi connectivity index (χ0v) is 9.18. The lowest BCUT2D eigenvalue weighted by atomic mass is 9.80. The minimum atomic E-state index is -1.41. The molecule has 0 bridgehead atoms. The molecule has 1 rings (SSSR count). The zero-order valence-electron chi connectivity index (χ0n) is 9.18. The van der Waals surface area contributed by atoms with E-state index < -0.39 is 7.12 Å². The first-order valence-corrected chi connectivity index (χ1v) is 5.18. The second kappa shape index (κ2) is 5.78. The Kier molecular flexibility index (Phi) is 4.65. The first-order valence-electron chi connectivity index (χ1n) is 5.18. The van der Waals surface area contributed by atoms with Crippen molar-refractivity contribution >= 4 is 12.6 Å². The van der Waals surface area contributed by atoms with Crippen molar-refractivity contribution < 1.29 is 14.8 Å². The highest BCUT2D eigenvalue weighted by atomic mass is 16.5. The van der Waals surface area contributed by atoms with Crippen LogP contribution in [0.15, 0.2) is 24.3 Å². The maximum absolute atomic E-state index is 8.88. The fourth-order valence-corrected chi connectivity index (χ4v) is 1.15. The van der Waals surface area contributed by atoms with E-state index in [0.29, 0.717) is 18.0 Å². The molecular weight excluding hydrogens is 191 g/mol. The summed E-state index contributed by atoms with van der Waals surface area (Å²) in [5, 5.41) is 17.8. The van der Waals surface area contributed by atoms with Crippen molar-refractivity contribution in [1.82, 2.24) is 0 Å². The number of ether oxygens (including phenoxy) is 1. The first-order chi connectivity index (χ1) is 7.09. The molecule has 0 aliphatic rings. The highest BCUT2D eigenvalue weighted by Gasteiger charge is 2.09. The summed E-state index contributed by atoms with van der Waals surface area (Å²) in [5.74, 6) is 1.39. The molecule has 15 heavy (non-hydrogen) atoms. The van der Waals surface area contributed by atoms with Crippen LogP contribution in [0.1, 0.15) is 20.3 Å². The highest BCUT2D eigenvalue weighted by molar-refractivity contribution is 6.58. The quantitative estimate of drug-likeness (QED) is 0.703. The van der Waals surface area contributed by atoms with Gasteiger partial charge in [-0.05, 0) is 29.9 Å². The normalized spacial score (nSPS) is 10.5.